The SMILES string of the molecule is Cc1ncc2c(=O)n(C3CCCNC3)cnc2n1. The third kappa shape index (κ3) is 1.88. The Kier molecular flexibility index (Phi) is 2.79. The summed E-state index contributed by atoms with van der Waals surface area (Å²) in [4.78, 5) is 24.9. The summed E-state index contributed by atoms with van der Waals surface area (Å²) in [5.74, 6) is 0.631. The minimum atomic E-state index is -0.0475. The molecule has 3 rings (SSSR count). The molecule has 2 aromatic heterocycles. The van der Waals surface area contributed by atoms with Crippen LogP contribution in [0.5, 0.6) is 0 Å². The van der Waals surface area contributed by atoms with Crippen molar-refractivity contribution < 1.29 is 0 Å². The number of piperidine rings is 1. The molecule has 3 heterocycles. The van der Waals surface area contributed by atoms with Crippen molar-refractivity contribution in [1.29, 1.82) is 0 Å². The lowest BCUT2D eigenvalue weighted by Crippen LogP contribution is -2.36. The van der Waals surface area contributed by atoms with Gasteiger partial charge in [-0.15, -0.1) is 0 Å². The predicted molar refractivity (Wildman–Crippen MR) is 67.5 cm³/mol. The van der Waals surface area contributed by atoms with Crippen LogP contribution in [0.15, 0.2) is 17.3 Å². The van der Waals surface area contributed by atoms with Gasteiger partial charge in [0.2, 0.25) is 0 Å². The number of nitrogens with one attached hydrogen (secondary N) is 1. The number of aromatic nitrogens is 4. The highest BCUT2D eigenvalue weighted by Gasteiger charge is 2.17. The molecule has 1 saturated heterocycles. The highest BCUT2D eigenvalue weighted by Crippen LogP contribution is 2.14. The third-order valence-electron chi connectivity index (χ3n) is 3.32. The molecule has 94 valence electrons. The minimum absolute atomic E-state index is 0.0475. The molecule has 2 aromatic rings. The molecule has 0 bridgehead atoms. The number of hydrogen-bond acceptors (Lipinski definition) is 5. The molecule has 1 atom stereocenters. The topological polar surface area (TPSA) is 72.7 Å². The maximum atomic E-state index is 12.4. The first-order valence-corrected chi connectivity index (χ1v) is 6.17. The van der Waals surface area contributed by atoms with Crippen LogP contribution in [0.4, 0.5) is 0 Å². The summed E-state index contributed by atoms with van der Waals surface area (Å²) < 4.78 is 1.70. The third-order valence-corrected chi connectivity index (χ3v) is 3.32. The molecule has 6 heteroatoms. The van der Waals surface area contributed by atoms with E-state index in [2.05, 4.69) is 20.3 Å². The van der Waals surface area contributed by atoms with Crippen LogP contribution in [-0.2, 0) is 0 Å². The van der Waals surface area contributed by atoms with Crippen LogP contribution in [0.1, 0.15) is 24.7 Å². The highest BCUT2D eigenvalue weighted by atomic mass is 16.1. The second-order valence-corrected chi connectivity index (χ2v) is 4.61. The van der Waals surface area contributed by atoms with Gasteiger partial charge in [0, 0.05) is 12.7 Å². The summed E-state index contributed by atoms with van der Waals surface area (Å²) >= 11 is 0. The molecule has 1 aliphatic rings. The Morgan fingerprint density at radius 1 is 1.44 bits per heavy atom. The fourth-order valence-corrected chi connectivity index (χ4v) is 2.35. The molecule has 0 aliphatic carbocycles. The lowest BCUT2D eigenvalue weighted by molar-refractivity contribution is 0.363. The number of hydrogen-bond donors (Lipinski definition) is 1. The number of rotatable bonds is 1. The van der Waals surface area contributed by atoms with E-state index in [0.717, 1.165) is 25.9 Å². The number of fused-ring (bicyclic) bond motifs is 1. The van der Waals surface area contributed by atoms with Gasteiger partial charge in [0.1, 0.15) is 17.5 Å². The summed E-state index contributed by atoms with van der Waals surface area (Å²) in [5, 5.41) is 3.79. The number of nitrogens with zero attached hydrogens (tertiary/aromatic N) is 4. The van der Waals surface area contributed by atoms with Gasteiger partial charge in [-0.05, 0) is 26.3 Å². The van der Waals surface area contributed by atoms with Crippen LogP contribution in [-0.4, -0.2) is 32.6 Å². The van der Waals surface area contributed by atoms with Crippen LogP contribution >= 0.6 is 0 Å². The molecule has 0 saturated carbocycles. The number of aryl methyl sites for hydroxylation is 1. The van der Waals surface area contributed by atoms with Crippen molar-refractivity contribution in [2.75, 3.05) is 13.1 Å². The van der Waals surface area contributed by atoms with Crippen molar-refractivity contribution in [2.45, 2.75) is 25.8 Å². The van der Waals surface area contributed by atoms with Gasteiger partial charge >= 0.3 is 0 Å². The van der Waals surface area contributed by atoms with E-state index in [4.69, 9.17) is 0 Å². The molecule has 1 unspecified atom stereocenters. The van der Waals surface area contributed by atoms with Gasteiger partial charge in [0.15, 0.2) is 5.65 Å². The molecule has 0 spiro atoms. The molecular formula is C12H15N5O. The van der Waals surface area contributed by atoms with Gasteiger partial charge in [-0.3, -0.25) is 9.36 Å². The van der Waals surface area contributed by atoms with E-state index in [1.54, 1.807) is 24.0 Å². The van der Waals surface area contributed by atoms with Crippen molar-refractivity contribution in [3.8, 4) is 0 Å². The summed E-state index contributed by atoms with van der Waals surface area (Å²) in [6.07, 6.45) is 5.26. The van der Waals surface area contributed by atoms with Gasteiger partial charge < -0.3 is 5.32 Å². The molecule has 0 aromatic carbocycles. The van der Waals surface area contributed by atoms with E-state index in [1.807, 2.05) is 0 Å². The molecule has 0 radical (unpaired) electrons. The molecule has 1 N–H and O–H groups in total. The van der Waals surface area contributed by atoms with Crippen LogP contribution in [0.3, 0.4) is 0 Å². The Morgan fingerprint density at radius 3 is 3.11 bits per heavy atom. The second-order valence-electron chi connectivity index (χ2n) is 4.61. The van der Waals surface area contributed by atoms with E-state index in [-0.39, 0.29) is 11.6 Å². The first kappa shape index (κ1) is 11.3. The van der Waals surface area contributed by atoms with Gasteiger partial charge in [-0.1, -0.05) is 0 Å². The molecule has 6 nitrogen and oxygen atoms in total. The maximum absolute atomic E-state index is 12.4. The Morgan fingerprint density at radius 2 is 2.33 bits per heavy atom. The molecule has 1 fully saturated rings. The Hall–Kier alpha value is -1.82. The predicted octanol–water partition coefficient (Wildman–Crippen LogP) is 0.419. The zero-order valence-electron chi connectivity index (χ0n) is 10.3. The van der Waals surface area contributed by atoms with Crippen molar-refractivity contribution in [3.05, 3.63) is 28.7 Å². The monoisotopic (exact) mass is 245 g/mol. The van der Waals surface area contributed by atoms with E-state index < -0.39 is 0 Å². The van der Waals surface area contributed by atoms with E-state index in [0.29, 0.717) is 16.9 Å². The second kappa shape index (κ2) is 4.45. The average molecular weight is 245 g/mol. The smallest absolute Gasteiger partial charge is 0.264 e. The first-order chi connectivity index (χ1) is 8.75. The quantitative estimate of drug-likeness (QED) is 0.788. The highest BCUT2D eigenvalue weighted by molar-refractivity contribution is 5.71. The Labute approximate surface area is 104 Å². The van der Waals surface area contributed by atoms with Crippen molar-refractivity contribution in [1.82, 2.24) is 24.8 Å². The van der Waals surface area contributed by atoms with Crippen LogP contribution in [0.25, 0.3) is 11.0 Å². The maximum Gasteiger partial charge on any atom is 0.264 e. The van der Waals surface area contributed by atoms with Crippen molar-refractivity contribution >= 4 is 11.0 Å². The van der Waals surface area contributed by atoms with E-state index in [1.165, 1.54) is 0 Å². The van der Waals surface area contributed by atoms with Crippen LogP contribution in [0.2, 0.25) is 0 Å². The van der Waals surface area contributed by atoms with Gasteiger partial charge in [-0.2, -0.15) is 0 Å². The zero-order chi connectivity index (χ0) is 12.5. The normalized spacial score (nSPS) is 20.2. The summed E-state index contributed by atoms with van der Waals surface area (Å²) in [6.45, 7) is 3.63. The van der Waals surface area contributed by atoms with Crippen molar-refractivity contribution in [2.24, 2.45) is 0 Å². The molecule has 18 heavy (non-hydrogen) atoms. The fourth-order valence-electron chi connectivity index (χ4n) is 2.35. The van der Waals surface area contributed by atoms with Gasteiger partial charge in [0.25, 0.3) is 5.56 Å². The Balaban J connectivity index is 2.11. The van der Waals surface area contributed by atoms with E-state index >= 15 is 0 Å². The first-order valence-electron chi connectivity index (χ1n) is 6.17. The lowest BCUT2D eigenvalue weighted by Gasteiger charge is -2.24. The largest absolute Gasteiger partial charge is 0.315 e. The summed E-state index contributed by atoms with van der Waals surface area (Å²) in [5.41, 5.74) is 0.432. The average Bonchev–Trinajstić information content (AvgIpc) is 2.40. The van der Waals surface area contributed by atoms with Crippen molar-refractivity contribution in [3.63, 3.8) is 0 Å². The summed E-state index contributed by atoms with van der Waals surface area (Å²) in [6, 6.07) is 0.185. The van der Waals surface area contributed by atoms with E-state index in [9.17, 15) is 4.79 Å². The van der Waals surface area contributed by atoms with Gasteiger partial charge in [-0.25, -0.2) is 15.0 Å². The molecule has 0 amide bonds. The van der Waals surface area contributed by atoms with Gasteiger partial charge in [0.05, 0.1) is 6.04 Å². The minimum Gasteiger partial charge on any atom is -0.315 e. The summed E-state index contributed by atoms with van der Waals surface area (Å²) in [7, 11) is 0. The fraction of sp³-hybridized carbons (Fsp3) is 0.500. The Bertz CT molecular complexity index is 630. The van der Waals surface area contributed by atoms with Crippen LogP contribution in [0, 0.1) is 6.92 Å². The lowest BCUT2D eigenvalue weighted by atomic mass is 10.1. The molecule has 1 aliphatic heterocycles. The zero-order valence-corrected chi connectivity index (χ0v) is 10.3. The molecular weight excluding hydrogens is 230 g/mol. The van der Waals surface area contributed by atoms with Crippen LogP contribution < -0.4 is 10.9 Å². The standard InChI is InChI=1S/C12H15N5O/c1-8-14-6-10-11(16-8)15-7-17(12(10)18)9-3-2-4-13-5-9/h6-7,9,13H,2-5H2,1H3.